The molecule has 2 N–H and O–H groups in total. The minimum atomic E-state index is -1.06. The molecule has 21 heavy (non-hydrogen) atoms. The molecular formula is C14H14FN5O. The first-order valence-corrected chi connectivity index (χ1v) is 6.60. The highest BCUT2D eigenvalue weighted by Crippen LogP contribution is 2.31. The predicted molar refractivity (Wildman–Crippen MR) is 71.3 cm³/mol. The lowest BCUT2D eigenvalue weighted by Gasteiger charge is -2.21. The largest absolute Gasteiger partial charge is 0.382 e. The molecule has 1 aliphatic heterocycles. The Morgan fingerprint density at radius 1 is 1.52 bits per heavy atom. The maximum Gasteiger partial charge on any atom is 0.127 e. The van der Waals surface area contributed by atoms with Gasteiger partial charge in [-0.05, 0) is 24.6 Å². The number of aliphatic hydroxyl groups is 1. The Morgan fingerprint density at radius 2 is 2.38 bits per heavy atom. The van der Waals surface area contributed by atoms with E-state index in [4.69, 9.17) is 5.26 Å². The number of hydrogen-bond acceptors (Lipinski definition) is 5. The number of β-amino-alcohol motifs (C(OH)–C–C–N with tert-alkyl or cyclic N) is 1. The van der Waals surface area contributed by atoms with Gasteiger partial charge in [-0.2, -0.15) is 20.7 Å². The molecule has 108 valence electrons. The van der Waals surface area contributed by atoms with Gasteiger partial charge in [-0.1, -0.05) is 0 Å². The van der Waals surface area contributed by atoms with Crippen molar-refractivity contribution in [2.45, 2.75) is 18.6 Å². The van der Waals surface area contributed by atoms with E-state index in [0.717, 1.165) is 0 Å². The van der Waals surface area contributed by atoms with E-state index in [9.17, 15) is 9.50 Å². The lowest BCUT2D eigenvalue weighted by Crippen LogP contribution is -2.31. The second-order valence-electron chi connectivity index (χ2n) is 5.27. The van der Waals surface area contributed by atoms with Crippen LogP contribution in [0, 0.1) is 17.1 Å². The molecule has 0 saturated carbocycles. The van der Waals surface area contributed by atoms with E-state index in [-0.39, 0.29) is 5.82 Å². The van der Waals surface area contributed by atoms with Gasteiger partial charge in [0.15, 0.2) is 0 Å². The number of halogens is 1. The molecule has 1 aliphatic rings. The minimum Gasteiger partial charge on any atom is -0.382 e. The van der Waals surface area contributed by atoms with Crippen LogP contribution in [-0.4, -0.2) is 38.5 Å². The molecule has 2 heterocycles. The van der Waals surface area contributed by atoms with Crippen molar-refractivity contribution in [1.29, 1.82) is 5.26 Å². The smallest absolute Gasteiger partial charge is 0.127 e. The Bertz CT molecular complexity index is 681. The summed E-state index contributed by atoms with van der Waals surface area (Å²) in [7, 11) is 0. The van der Waals surface area contributed by atoms with Gasteiger partial charge in [-0.25, -0.2) is 4.39 Å². The van der Waals surface area contributed by atoms with E-state index >= 15 is 0 Å². The zero-order valence-electron chi connectivity index (χ0n) is 11.3. The molecule has 2 aromatic rings. The molecule has 0 bridgehead atoms. The molecule has 1 atom stereocenters. The first-order chi connectivity index (χ1) is 10.1. The van der Waals surface area contributed by atoms with Gasteiger partial charge in [0.05, 0.1) is 17.8 Å². The molecule has 0 spiro atoms. The highest BCUT2D eigenvalue weighted by Gasteiger charge is 2.39. The van der Waals surface area contributed by atoms with E-state index in [1.54, 1.807) is 6.07 Å². The Balaban J connectivity index is 1.75. The summed E-state index contributed by atoms with van der Waals surface area (Å²) in [6.07, 6.45) is 2.01. The Kier molecular flexibility index (Phi) is 3.41. The summed E-state index contributed by atoms with van der Waals surface area (Å²) in [6.45, 7) is 1.33. The fraction of sp³-hybridized carbons (Fsp3) is 0.357. The normalized spacial score (nSPS) is 22.3. The molecule has 3 rings (SSSR count). The van der Waals surface area contributed by atoms with Crippen LogP contribution >= 0.6 is 0 Å². The van der Waals surface area contributed by atoms with Gasteiger partial charge in [0.25, 0.3) is 0 Å². The summed E-state index contributed by atoms with van der Waals surface area (Å²) < 4.78 is 13.8. The van der Waals surface area contributed by atoms with Crippen molar-refractivity contribution < 1.29 is 9.50 Å². The van der Waals surface area contributed by atoms with E-state index in [0.29, 0.717) is 42.9 Å². The Labute approximate surface area is 120 Å². The number of nitrogens with zero attached hydrogens (tertiary/aromatic N) is 4. The topological polar surface area (TPSA) is 88.8 Å². The number of hydrogen-bond donors (Lipinski definition) is 2. The summed E-state index contributed by atoms with van der Waals surface area (Å²) in [6, 6.07) is 6.30. The number of nitriles is 1. The quantitative estimate of drug-likeness (QED) is 0.876. The molecule has 1 fully saturated rings. The van der Waals surface area contributed by atoms with E-state index in [1.807, 2.05) is 11.0 Å². The number of H-pyrrole nitrogens is 1. The molecule has 7 heteroatoms. The van der Waals surface area contributed by atoms with Crippen LogP contribution in [0.1, 0.15) is 23.2 Å². The fourth-order valence-electron chi connectivity index (χ4n) is 2.65. The van der Waals surface area contributed by atoms with Gasteiger partial charge in [0.2, 0.25) is 0 Å². The van der Waals surface area contributed by atoms with Crippen LogP contribution in [-0.2, 0) is 12.1 Å². The third kappa shape index (κ3) is 2.63. The predicted octanol–water partition coefficient (Wildman–Crippen LogP) is 0.909. The van der Waals surface area contributed by atoms with Gasteiger partial charge in [0.1, 0.15) is 17.1 Å². The third-order valence-corrected chi connectivity index (χ3v) is 3.79. The van der Waals surface area contributed by atoms with Crippen molar-refractivity contribution in [2.75, 3.05) is 13.1 Å². The molecule has 1 saturated heterocycles. The molecule has 1 unspecified atom stereocenters. The minimum absolute atomic E-state index is 0.342. The molecule has 1 aromatic heterocycles. The van der Waals surface area contributed by atoms with Gasteiger partial charge >= 0.3 is 0 Å². The molecule has 6 nitrogen and oxygen atoms in total. The van der Waals surface area contributed by atoms with Gasteiger partial charge in [-0.3, -0.25) is 4.90 Å². The number of aromatic amines is 1. The van der Waals surface area contributed by atoms with Crippen LogP contribution in [0.4, 0.5) is 4.39 Å². The average Bonchev–Trinajstić information content (AvgIpc) is 3.12. The first-order valence-electron chi connectivity index (χ1n) is 6.60. The number of nitrogens with one attached hydrogen (secondary N) is 1. The number of benzene rings is 1. The number of likely N-dealkylation sites (tertiary alicyclic amines) is 1. The fourth-order valence-corrected chi connectivity index (χ4v) is 2.65. The van der Waals surface area contributed by atoms with E-state index < -0.39 is 5.60 Å². The van der Waals surface area contributed by atoms with Crippen LogP contribution in [0.2, 0.25) is 0 Å². The zero-order valence-corrected chi connectivity index (χ0v) is 11.3. The van der Waals surface area contributed by atoms with E-state index in [1.165, 1.54) is 18.3 Å². The van der Waals surface area contributed by atoms with Gasteiger partial charge < -0.3 is 5.11 Å². The molecule has 0 radical (unpaired) electrons. The maximum atomic E-state index is 13.8. The standard InChI is InChI=1S/C14H14FN5O/c15-12-2-1-10(6-16)5-11(12)8-20-4-3-14(21,9-20)13-7-17-19-18-13/h1-2,5,7,21H,3-4,8-9H2,(H,17,18,19). The lowest BCUT2D eigenvalue weighted by atomic mass is 10.00. The van der Waals surface area contributed by atoms with Crippen molar-refractivity contribution in [1.82, 2.24) is 20.3 Å². The third-order valence-electron chi connectivity index (χ3n) is 3.79. The van der Waals surface area contributed by atoms with Crippen molar-refractivity contribution in [3.8, 4) is 6.07 Å². The van der Waals surface area contributed by atoms with Crippen LogP contribution in [0.25, 0.3) is 0 Å². The van der Waals surface area contributed by atoms with Crippen molar-refractivity contribution in [3.63, 3.8) is 0 Å². The van der Waals surface area contributed by atoms with E-state index in [2.05, 4.69) is 15.4 Å². The molecular weight excluding hydrogens is 273 g/mol. The van der Waals surface area contributed by atoms with Crippen LogP contribution in [0.5, 0.6) is 0 Å². The Hall–Kier alpha value is -2.30. The summed E-state index contributed by atoms with van der Waals surface area (Å²) in [5.41, 5.74) is 0.322. The van der Waals surface area contributed by atoms with Crippen molar-refractivity contribution in [2.24, 2.45) is 0 Å². The average molecular weight is 287 g/mol. The first kappa shape index (κ1) is 13.7. The van der Waals surface area contributed by atoms with Crippen molar-refractivity contribution in [3.05, 3.63) is 47.0 Å². The van der Waals surface area contributed by atoms with Crippen LogP contribution < -0.4 is 0 Å². The van der Waals surface area contributed by atoms with Crippen LogP contribution in [0.3, 0.4) is 0 Å². The zero-order chi connectivity index (χ0) is 14.9. The monoisotopic (exact) mass is 287 g/mol. The SMILES string of the molecule is N#Cc1ccc(F)c(CN2CCC(O)(c3cn[nH]n3)C2)c1. The molecule has 0 amide bonds. The van der Waals surface area contributed by atoms with Crippen LogP contribution in [0.15, 0.2) is 24.4 Å². The summed E-state index contributed by atoms with van der Waals surface area (Å²) in [5, 5.41) is 29.6. The maximum absolute atomic E-state index is 13.8. The second-order valence-corrected chi connectivity index (χ2v) is 5.27. The van der Waals surface area contributed by atoms with Gasteiger partial charge in [-0.15, -0.1) is 0 Å². The lowest BCUT2D eigenvalue weighted by molar-refractivity contribution is 0.0407. The number of rotatable bonds is 3. The molecule has 1 aromatic carbocycles. The highest BCUT2D eigenvalue weighted by molar-refractivity contribution is 5.33. The summed E-state index contributed by atoms with van der Waals surface area (Å²) in [5.74, 6) is -0.342. The summed E-state index contributed by atoms with van der Waals surface area (Å²) in [4.78, 5) is 1.94. The highest BCUT2D eigenvalue weighted by atomic mass is 19.1. The number of aromatic nitrogens is 3. The van der Waals surface area contributed by atoms with Crippen molar-refractivity contribution >= 4 is 0 Å². The summed E-state index contributed by atoms with van der Waals surface area (Å²) >= 11 is 0. The molecule has 0 aliphatic carbocycles. The van der Waals surface area contributed by atoms with Gasteiger partial charge in [0, 0.05) is 25.2 Å². The second kappa shape index (κ2) is 5.24. The Morgan fingerprint density at radius 3 is 3.10 bits per heavy atom.